The molecular formula is C23H22N4O3. The van der Waals surface area contributed by atoms with Gasteiger partial charge in [-0.15, -0.1) is 0 Å². The summed E-state index contributed by atoms with van der Waals surface area (Å²) in [6.45, 7) is 1.25. The molecule has 1 saturated carbocycles. The molecule has 1 saturated heterocycles. The molecule has 2 amide bonds. The van der Waals surface area contributed by atoms with Gasteiger partial charge >= 0.3 is 0 Å². The smallest absolute Gasteiger partial charge is 0.295 e. The summed E-state index contributed by atoms with van der Waals surface area (Å²) < 4.78 is 0. The van der Waals surface area contributed by atoms with E-state index in [4.69, 9.17) is 0 Å². The average molecular weight is 402 g/mol. The number of Topliss-reactive ketones (excluding diaryl/α,β-unsaturated/α-hetero) is 1. The Bertz CT molecular complexity index is 1120. The van der Waals surface area contributed by atoms with E-state index in [-0.39, 0.29) is 11.9 Å². The first-order valence-electron chi connectivity index (χ1n) is 10.2. The highest BCUT2D eigenvalue weighted by molar-refractivity contribution is 6.44. The Morgan fingerprint density at radius 1 is 1.00 bits per heavy atom. The molecule has 3 aromatic rings. The summed E-state index contributed by atoms with van der Waals surface area (Å²) in [5, 5.41) is 0.650. The van der Waals surface area contributed by atoms with Gasteiger partial charge in [0.05, 0.1) is 11.6 Å². The largest absolute Gasteiger partial charge is 0.345 e. The maximum atomic E-state index is 13.2. The van der Waals surface area contributed by atoms with Gasteiger partial charge in [0.25, 0.3) is 17.6 Å². The van der Waals surface area contributed by atoms with Crippen LogP contribution in [0.5, 0.6) is 0 Å². The van der Waals surface area contributed by atoms with Gasteiger partial charge in [-0.25, -0.2) is 4.98 Å². The van der Waals surface area contributed by atoms with Crippen molar-refractivity contribution in [3.63, 3.8) is 0 Å². The van der Waals surface area contributed by atoms with Gasteiger partial charge in [-0.05, 0) is 43.0 Å². The van der Waals surface area contributed by atoms with Crippen molar-refractivity contribution < 1.29 is 14.4 Å². The molecule has 0 spiro atoms. The molecule has 1 aliphatic carbocycles. The van der Waals surface area contributed by atoms with Crippen molar-refractivity contribution in [1.29, 1.82) is 0 Å². The molecular weight excluding hydrogens is 380 g/mol. The predicted molar refractivity (Wildman–Crippen MR) is 111 cm³/mol. The first-order valence-corrected chi connectivity index (χ1v) is 10.2. The summed E-state index contributed by atoms with van der Waals surface area (Å²) in [5.41, 5.74) is 1.58. The molecule has 1 N–H and O–H groups in total. The standard InChI is InChI=1S/C23H22N4O3/c28-20(18-13-25-21-17(18)7-4-10-24-21)23(30)27-12-11-26(14-19(27)15-8-9-15)22(29)16-5-2-1-3-6-16/h1-7,10,13,15,19H,8-9,11-12,14H2,(H,24,25)/t19-/m0/s1. The molecule has 7 heteroatoms. The molecule has 7 nitrogen and oxygen atoms in total. The Labute approximate surface area is 173 Å². The summed E-state index contributed by atoms with van der Waals surface area (Å²) >= 11 is 0. The highest BCUT2D eigenvalue weighted by Crippen LogP contribution is 2.37. The van der Waals surface area contributed by atoms with E-state index >= 15 is 0 Å². The van der Waals surface area contributed by atoms with Gasteiger partial charge in [-0.2, -0.15) is 0 Å². The van der Waals surface area contributed by atoms with E-state index in [9.17, 15) is 14.4 Å². The molecule has 30 heavy (non-hydrogen) atoms. The van der Waals surface area contributed by atoms with Gasteiger partial charge in [0, 0.05) is 43.0 Å². The number of rotatable bonds is 4. The van der Waals surface area contributed by atoms with Crippen molar-refractivity contribution in [1.82, 2.24) is 19.8 Å². The SMILES string of the molecule is O=C(C(=O)N1CCN(C(=O)c2ccccc2)C[C@H]1C1CC1)c1c[nH]c2ncccc12. The van der Waals surface area contributed by atoms with Crippen LogP contribution >= 0.6 is 0 Å². The predicted octanol–water partition coefficient (Wildman–Crippen LogP) is 2.51. The van der Waals surface area contributed by atoms with E-state index in [1.54, 1.807) is 41.6 Å². The number of aromatic amines is 1. The Hall–Kier alpha value is -3.48. The lowest BCUT2D eigenvalue weighted by molar-refractivity contribution is -0.131. The lowest BCUT2D eigenvalue weighted by atomic mass is 10.0. The van der Waals surface area contributed by atoms with Gasteiger partial charge in [-0.3, -0.25) is 14.4 Å². The molecule has 152 valence electrons. The normalized spacial score (nSPS) is 19.1. The van der Waals surface area contributed by atoms with Crippen molar-refractivity contribution in [3.05, 3.63) is 66.0 Å². The number of hydrogen-bond acceptors (Lipinski definition) is 4. The number of carbonyl (C=O) groups is 3. The molecule has 3 heterocycles. The van der Waals surface area contributed by atoms with E-state index in [0.29, 0.717) is 47.7 Å². The van der Waals surface area contributed by atoms with Gasteiger partial charge in [0.15, 0.2) is 0 Å². The van der Waals surface area contributed by atoms with Gasteiger partial charge in [0.1, 0.15) is 5.65 Å². The second-order valence-electron chi connectivity index (χ2n) is 7.95. The van der Waals surface area contributed by atoms with Gasteiger partial charge in [-0.1, -0.05) is 18.2 Å². The molecule has 0 bridgehead atoms. The molecule has 2 aromatic heterocycles. The van der Waals surface area contributed by atoms with Crippen LogP contribution in [0.4, 0.5) is 0 Å². The fourth-order valence-electron chi connectivity index (χ4n) is 4.28. The Morgan fingerprint density at radius 3 is 2.57 bits per heavy atom. The van der Waals surface area contributed by atoms with Crippen LogP contribution in [0.25, 0.3) is 11.0 Å². The van der Waals surface area contributed by atoms with Crippen LogP contribution in [0.15, 0.2) is 54.9 Å². The maximum Gasteiger partial charge on any atom is 0.295 e. The summed E-state index contributed by atoms with van der Waals surface area (Å²) in [5.74, 6) is -0.702. The van der Waals surface area contributed by atoms with Crippen LogP contribution in [-0.4, -0.2) is 63.0 Å². The number of piperazine rings is 1. The van der Waals surface area contributed by atoms with Crippen molar-refractivity contribution >= 4 is 28.6 Å². The zero-order valence-electron chi connectivity index (χ0n) is 16.5. The number of amides is 2. The van der Waals surface area contributed by atoms with E-state index in [1.165, 1.54) is 0 Å². The minimum Gasteiger partial charge on any atom is -0.345 e. The van der Waals surface area contributed by atoms with E-state index in [0.717, 1.165) is 12.8 Å². The zero-order chi connectivity index (χ0) is 20.7. The lowest BCUT2D eigenvalue weighted by Gasteiger charge is -2.41. The molecule has 0 radical (unpaired) electrons. The molecule has 1 atom stereocenters. The minimum absolute atomic E-state index is 0.0256. The van der Waals surface area contributed by atoms with Crippen LogP contribution in [-0.2, 0) is 4.79 Å². The van der Waals surface area contributed by atoms with Crippen LogP contribution in [0, 0.1) is 5.92 Å². The van der Waals surface area contributed by atoms with E-state index in [2.05, 4.69) is 9.97 Å². The fraction of sp³-hybridized carbons (Fsp3) is 0.304. The lowest BCUT2D eigenvalue weighted by Crippen LogP contribution is -2.58. The maximum absolute atomic E-state index is 13.2. The second-order valence-corrected chi connectivity index (χ2v) is 7.95. The number of benzene rings is 1. The van der Waals surface area contributed by atoms with Crippen LogP contribution in [0.1, 0.15) is 33.6 Å². The monoisotopic (exact) mass is 402 g/mol. The number of nitrogens with one attached hydrogen (secondary N) is 1. The van der Waals surface area contributed by atoms with Crippen molar-refractivity contribution in [3.8, 4) is 0 Å². The molecule has 1 aromatic carbocycles. The topological polar surface area (TPSA) is 86.4 Å². The molecule has 5 rings (SSSR count). The quantitative estimate of drug-likeness (QED) is 0.537. The van der Waals surface area contributed by atoms with Gasteiger partial charge in [0.2, 0.25) is 0 Å². The number of H-pyrrole nitrogens is 1. The van der Waals surface area contributed by atoms with E-state index in [1.807, 2.05) is 23.1 Å². The minimum atomic E-state index is -0.525. The highest BCUT2D eigenvalue weighted by Gasteiger charge is 2.43. The molecule has 2 aliphatic rings. The number of hydrogen-bond donors (Lipinski definition) is 1. The number of nitrogens with zero attached hydrogens (tertiary/aromatic N) is 3. The first kappa shape index (κ1) is 18.5. The zero-order valence-corrected chi connectivity index (χ0v) is 16.5. The number of fused-ring (bicyclic) bond motifs is 1. The number of aromatic nitrogens is 2. The highest BCUT2D eigenvalue weighted by atomic mass is 16.2. The van der Waals surface area contributed by atoms with Crippen LogP contribution in [0.3, 0.4) is 0 Å². The summed E-state index contributed by atoms with van der Waals surface area (Å²) in [7, 11) is 0. The number of carbonyl (C=O) groups excluding carboxylic acids is 3. The van der Waals surface area contributed by atoms with Crippen molar-refractivity contribution in [2.45, 2.75) is 18.9 Å². The molecule has 1 aliphatic heterocycles. The molecule has 0 unspecified atom stereocenters. The number of ketones is 1. The Balaban J connectivity index is 1.36. The Morgan fingerprint density at radius 2 is 1.80 bits per heavy atom. The fourth-order valence-corrected chi connectivity index (χ4v) is 4.28. The summed E-state index contributed by atoms with van der Waals surface area (Å²) in [6.07, 6.45) is 5.24. The van der Waals surface area contributed by atoms with Crippen LogP contribution < -0.4 is 0 Å². The van der Waals surface area contributed by atoms with Gasteiger partial charge < -0.3 is 14.8 Å². The first-order chi connectivity index (χ1) is 14.6. The Kier molecular flexibility index (Phi) is 4.58. The van der Waals surface area contributed by atoms with Crippen molar-refractivity contribution in [2.75, 3.05) is 19.6 Å². The molecule has 2 fully saturated rings. The summed E-state index contributed by atoms with van der Waals surface area (Å²) in [6, 6.07) is 12.6. The van der Waals surface area contributed by atoms with Crippen molar-refractivity contribution in [2.24, 2.45) is 5.92 Å². The third kappa shape index (κ3) is 3.26. The van der Waals surface area contributed by atoms with E-state index < -0.39 is 11.7 Å². The summed E-state index contributed by atoms with van der Waals surface area (Å²) in [4.78, 5) is 49.7. The second kappa shape index (κ2) is 7.40. The average Bonchev–Trinajstić information content (AvgIpc) is 3.56. The number of pyridine rings is 1. The third-order valence-electron chi connectivity index (χ3n) is 6.04. The van der Waals surface area contributed by atoms with Crippen LogP contribution in [0.2, 0.25) is 0 Å². The third-order valence-corrected chi connectivity index (χ3v) is 6.04.